The van der Waals surface area contributed by atoms with Crippen molar-refractivity contribution in [2.24, 2.45) is 0 Å². The highest BCUT2D eigenvalue weighted by Crippen LogP contribution is 2.46. The molecule has 0 atom stereocenters. The van der Waals surface area contributed by atoms with Crippen molar-refractivity contribution in [2.45, 2.75) is 0 Å². The maximum absolute atomic E-state index is 13.0. The first-order valence-electron chi connectivity index (χ1n) is 10.4. The predicted octanol–water partition coefficient (Wildman–Crippen LogP) is 6.30. The second-order valence-electron chi connectivity index (χ2n) is 7.62. The molecule has 5 rings (SSSR count). The Labute approximate surface area is 190 Å². The summed E-state index contributed by atoms with van der Waals surface area (Å²) in [6.45, 7) is 0. The van der Waals surface area contributed by atoms with Gasteiger partial charge in [0.05, 0.1) is 7.11 Å². The molecule has 0 saturated heterocycles. The Morgan fingerprint density at radius 2 is 1.39 bits per heavy atom. The fourth-order valence-corrected chi connectivity index (χ4v) is 4.08. The molecular formula is C28H20O5. The van der Waals surface area contributed by atoms with Gasteiger partial charge in [0, 0.05) is 11.1 Å². The SMILES string of the molecule is COc1ccc2c(-c3c(O)c(C(=O)Oc4ccccc4)cc4ccccc34)c(O)ccc2c1. The second-order valence-corrected chi connectivity index (χ2v) is 7.62. The van der Waals surface area contributed by atoms with E-state index < -0.39 is 5.97 Å². The number of hydrogen-bond acceptors (Lipinski definition) is 5. The monoisotopic (exact) mass is 436 g/mol. The molecule has 0 aliphatic carbocycles. The van der Waals surface area contributed by atoms with Gasteiger partial charge in [-0.1, -0.05) is 48.5 Å². The first-order chi connectivity index (χ1) is 16.1. The van der Waals surface area contributed by atoms with Crippen LogP contribution in [0, 0.1) is 0 Å². The highest BCUT2D eigenvalue weighted by Gasteiger charge is 2.24. The van der Waals surface area contributed by atoms with Gasteiger partial charge in [0.1, 0.15) is 28.6 Å². The van der Waals surface area contributed by atoms with E-state index in [0.29, 0.717) is 33.4 Å². The normalized spacial score (nSPS) is 10.9. The first-order valence-corrected chi connectivity index (χ1v) is 10.4. The number of phenols is 2. The molecule has 5 heteroatoms. The van der Waals surface area contributed by atoms with Crippen LogP contribution in [0.5, 0.6) is 23.0 Å². The van der Waals surface area contributed by atoms with Gasteiger partial charge in [-0.25, -0.2) is 4.79 Å². The Bertz CT molecular complexity index is 1510. The van der Waals surface area contributed by atoms with Crippen LogP contribution in [-0.4, -0.2) is 23.3 Å². The number of aromatic hydroxyl groups is 2. The van der Waals surface area contributed by atoms with Crippen molar-refractivity contribution in [3.63, 3.8) is 0 Å². The lowest BCUT2D eigenvalue weighted by molar-refractivity contribution is 0.0732. The van der Waals surface area contributed by atoms with E-state index in [2.05, 4.69) is 0 Å². The zero-order chi connectivity index (χ0) is 22.9. The van der Waals surface area contributed by atoms with Gasteiger partial charge in [0.15, 0.2) is 0 Å². The summed E-state index contributed by atoms with van der Waals surface area (Å²) in [6.07, 6.45) is 0. The number of benzene rings is 5. The number of fused-ring (bicyclic) bond motifs is 2. The molecule has 0 radical (unpaired) electrons. The maximum atomic E-state index is 13.0. The van der Waals surface area contributed by atoms with Crippen LogP contribution >= 0.6 is 0 Å². The summed E-state index contributed by atoms with van der Waals surface area (Å²) in [5.74, 6) is 0.0900. The fraction of sp³-hybridized carbons (Fsp3) is 0.0357. The lowest BCUT2D eigenvalue weighted by Gasteiger charge is -2.17. The maximum Gasteiger partial charge on any atom is 0.347 e. The van der Waals surface area contributed by atoms with Crippen LogP contribution in [0.25, 0.3) is 32.7 Å². The number of hydrogen-bond donors (Lipinski definition) is 2. The fourth-order valence-electron chi connectivity index (χ4n) is 4.08. The van der Waals surface area contributed by atoms with Gasteiger partial charge >= 0.3 is 5.97 Å². The highest BCUT2D eigenvalue weighted by molar-refractivity contribution is 6.13. The molecule has 0 aliphatic rings. The summed E-state index contributed by atoms with van der Waals surface area (Å²) >= 11 is 0. The van der Waals surface area contributed by atoms with Crippen LogP contribution in [0.3, 0.4) is 0 Å². The van der Waals surface area contributed by atoms with Crippen molar-refractivity contribution in [3.05, 3.63) is 96.6 Å². The van der Waals surface area contributed by atoms with E-state index in [0.717, 1.165) is 10.8 Å². The van der Waals surface area contributed by atoms with Crippen molar-refractivity contribution in [2.75, 3.05) is 7.11 Å². The topological polar surface area (TPSA) is 76.0 Å². The summed E-state index contributed by atoms with van der Waals surface area (Å²) in [5, 5.41) is 25.2. The minimum absolute atomic E-state index is 0.0115. The molecule has 5 nitrogen and oxygen atoms in total. The van der Waals surface area contributed by atoms with Crippen LogP contribution < -0.4 is 9.47 Å². The van der Waals surface area contributed by atoms with Crippen LogP contribution in [0.4, 0.5) is 0 Å². The second kappa shape index (κ2) is 8.20. The zero-order valence-electron chi connectivity index (χ0n) is 17.8. The Morgan fingerprint density at radius 1 is 0.697 bits per heavy atom. The van der Waals surface area contributed by atoms with Gasteiger partial charge in [0.2, 0.25) is 0 Å². The third kappa shape index (κ3) is 3.59. The molecular weight excluding hydrogens is 416 g/mol. The molecule has 33 heavy (non-hydrogen) atoms. The molecule has 0 unspecified atom stereocenters. The van der Waals surface area contributed by atoms with E-state index in [1.165, 1.54) is 0 Å². The Hall–Kier alpha value is -4.51. The zero-order valence-corrected chi connectivity index (χ0v) is 17.8. The number of esters is 1. The molecule has 162 valence electrons. The van der Waals surface area contributed by atoms with Crippen LogP contribution in [-0.2, 0) is 0 Å². The van der Waals surface area contributed by atoms with Gasteiger partial charge in [0.25, 0.3) is 0 Å². The molecule has 0 saturated carbocycles. The quantitative estimate of drug-likeness (QED) is 0.255. The summed E-state index contributed by atoms with van der Waals surface area (Å²) in [6, 6.07) is 26.5. The number of phenolic OH excluding ortho intramolecular Hbond substituents is 2. The van der Waals surface area contributed by atoms with Crippen molar-refractivity contribution in [1.82, 2.24) is 0 Å². The Balaban J connectivity index is 1.78. The van der Waals surface area contributed by atoms with Crippen molar-refractivity contribution in [1.29, 1.82) is 0 Å². The Kier molecular flexibility index (Phi) is 5.07. The van der Waals surface area contributed by atoms with Crippen LogP contribution in [0.15, 0.2) is 91.0 Å². The number of ether oxygens (including phenoxy) is 2. The lowest BCUT2D eigenvalue weighted by Crippen LogP contribution is -2.09. The average Bonchev–Trinajstić information content (AvgIpc) is 2.84. The van der Waals surface area contributed by atoms with Gasteiger partial charge in [-0.05, 0) is 64.0 Å². The van der Waals surface area contributed by atoms with Crippen molar-refractivity contribution < 1.29 is 24.5 Å². The lowest BCUT2D eigenvalue weighted by atomic mass is 9.90. The van der Waals surface area contributed by atoms with Crippen molar-refractivity contribution >= 4 is 27.5 Å². The van der Waals surface area contributed by atoms with Crippen LogP contribution in [0.1, 0.15) is 10.4 Å². The van der Waals surface area contributed by atoms with E-state index in [1.54, 1.807) is 55.6 Å². The minimum atomic E-state index is -0.688. The smallest absolute Gasteiger partial charge is 0.347 e. The molecule has 0 aromatic heterocycles. The summed E-state index contributed by atoms with van der Waals surface area (Å²) < 4.78 is 10.8. The molecule has 0 amide bonds. The number of methoxy groups -OCH3 is 1. The summed E-state index contributed by atoms with van der Waals surface area (Å²) in [4.78, 5) is 13.0. The highest BCUT2D eigenvalue weighted by atomic mass is 16.5. The molecule has 5 aromatic carbocycles. The third-order valence-corrected chi connectivity index (χ3v) is 5.65. The largest absolute Gasteiger partial charge is 0.507 e. The van der Waals surface area contributed by atoms with Gasteiger partial charge in [-0.15, -0.1) is 0 Å². The molecule has 0 heterocycles. The summed E-state index contributed by atoms with van der Waals surface area (Å²) in [7, 11) is 1.59. The number of carbonyl (C=O) groups excluding carboxylic acids is 1. The molecule has 0 aliphatic heterocycles. The number of rotatable bonds is 4. The minimum Gasteiger partial charge on any atom is -0.507 e. The number of para-hydroxylation sites is 1. The third-order valence-electron chi connectivity index (χ3n) is 5.65. The molecule has 5 aromatic rings. The van der Waals surface area contributed by atoms with E-state index in [4.69, 9.17) is 9.47 Å². The van der Waals surface area contributed by atoms with Gasteiger partial charge in [-0.3, -0.25) is 0 Å². The van der Waals surface area contributed by atoms with Crippen LogP contribution in [0.2, 0.25) is 0 Å². The standard InChI is InChI=1S/C28H20O5/c1-32-20-12-13-22-18(15-20)11-14-24(29)25(22)26-21-10-6-5-7-17(21)16-23(27(26)30)28(31)33-19-8-3-2-4-9-19/h2-16,29-30H,1H3. The van der Waals surface area contributed by atoms with E-state index in [9.17, 15) is 15.0 Å². The predicted molar refractivity (Wildman–Crippen MR) is 128 cm³/mol. The first kappa shape index (κ1) is 20.4. The van der Waals surface area contributed by atoms with E-state index >= 15 is 0 Å². The molecule has 2 N–H and O–H groups in total. The molecule has 0 fully saturated rings. The number of carbonyl (C=O) groups is 1. The van der Waals surface area contributed by atoms with E-state index in [1.807, 2.05) is 42.5 Å². The van der Waals surface area contributed by atoms with Crippen molar-refractivity contribution in [3.8, 4) is 34.1 Å². The molecule has 0 bridgehead atoms. The van der Waals surface area contributed by atoms with E-state index in [-0.39, 0.29) is 17.1 Å². The Morgan fingerprint density at radius 3 is 2.18 bits per heavy atom. The van der Waals surface area contributed by atoms with Gasteiger partial charge < -0.3 is 19.7 Å². The summed E-state index contributed by atoms with van der Waals surface area (Å²) in [5.41, 5.74) is 0.803. The average molecular weight is 436 g/mol. The van der Waals surface area contributed by atoms with Gasteiger partial charge in [-0.2, -0.15) is 0 Å². The molecule has 0 spiro atoms.